The van der Waals surface area contributed by atoms with Crippen LogP contribution in [0.2, 0.25) is 0 Å². The van der Waals surface area contributed by atoms with E-state index in [0.717, 1.165) is 5.76 Å². The molecule has 2 aromatic rings. The SMILES string of the molecule is C=C(C)C(=O)Oc1ccc(C(=O)C2=CC=C(OCCCCOC(=O)c3cc(N)cc(N)c3)CC2)cc1. The number of hydrogen-bond acceptors (Lipinski definition) is 8. The minimum absolute atomic E-state index is 0.0770. The first-order chi connectivity index (χ1) is 17.2. The van der Waals surface area contributed by atoms with Crippen molar-refractivity contribution < 1.29 is 28.6 Å². The zero-order valence-corrected chi connectivity index (χ0v) is 20.3. The summed E-state index contributed by atoms with van der Waals surface area (Å²) in [6.45, 7) is 5.86. The highest BCUT2D eigenvalue weighted by molar-refractivity contribution is 6.09. The number of carbonyl (C=O) groups excluding carboxylic acids is 3. The van der Waals surface area contributed by atoms with E-state index in [9.17, 15) is 14.4 Å². The van der Waals surface area contributed by atoms with Crippen molar-refractivity contribution in [1.29, 1.82) is 0 Å². The quantitative estimate of drug-likeness (QED) is 0.115. The van der Waals surface area contributed by atoms with Gasteiger partial charge in [0.25, 0.3) is 0 Å². The second-order valence-corrected chi connectivity index (χ2v) is 8.43. The summed E-state index contributed by atoms with van der Waals surface area (Å²) < 4.78 is 16.2. The number of hydrogen-bond donors (Lipinski definition) is 2. The van der Waals surface area contributed by atoms with E-state index in [2.05, 4.69) is 6.58 Å². The van der Waals surface area contributed by atoms with Crippen LogP contribution < -0.4 is 16.2 Å². The molecular formula is C28H30N2O6. The fourth-order valence-corrected chi connectivity index (χ4v) is 3.43. The van der Waals surface area contributed by atoms with Crippen LogP contribution in [0.4, 0.5) is 11.4 Å². The van der Waals surface area contributed by atoms with E-state index in [1.165, 1.54) is 12.1 Å². The highest BCUT2D eigenvalue weighted by Crippen LogP contribution is 2.24. The summed E-state index contributed by atoms with van der Waals surface area (Å²) in [6.07, 6.45) is 6.13. The Morgan fingerprint density at radius 1 is 0.889 bits per heavy atom. The number of nitrogens with two attached hydrogens (primary N) is 2. The van der Waals surface area contributed by atoms with Crippen molar-refractivity contribution in [2.24, 2.45) is 0 Å². The van der Waals surface area contributed by atoms with Gasteiger partial charge in [0.1, 0.15) is 5.75 Å². The third kappa shape index (κ3) is 7.59. The molecule has 8 heteroatoms. The van der Waals surface area contributed by atoms with E-state index in [4.69, 9.17) is 25.7 Å². The van der Waals surface area contributed by atoms with Crippen LogP contribution in [0, 0.1) is 0 Å². The molecule has 0 saturated heterocycles. The van der Waals surface area contributed by atoms with E-state index >= 15 is 0 Å². The summed E-state index contributed by atoms with van der Waals surface area (Å²) in [6, 6.07) is 11.1. The summed E-state index contributed by atoms with van der Waals surface area (Å²) in [5, 5.41) is 0. The van der Waals surface area contributed by atoms with Crippen LogP contribution in [0.3, 0.4) is 0 Å². The van der Waals surface area contributed by atoms with E-state index in [-0.39, 0.29) is 12.4 Å². The molecule has 8 nitrogen and oxygen atoms in total. The number of nitrogen functional groups attached to an aromatic ring is 2. The second kappa shape index (κ2) is 12.4. The number of benzene rings is 2. The molecule has 0 heterocycles. The van der Waals surface area contributed by atoms with Gasteiger partial charge in [0.2, 0.25) is 0 Å². The Morgan fingerprint density at radius 2 is 1.56 bits per heavy atom. The van der Waals surface area contributed by atoms with E-state index in [0.29, 0.717) is 71.7 Å². The number of ether oxygens (including phenoxy) is 3. The van der Waals surface area contributed by atoms with Gasteiger partial charge in [-0.25, -0.2) is 9.59 Å². The number of allylic oxidation sites excluding steroid dienone is 4. The van der Waals surface area contributed by atoms with Gasteiger partial charge in [-0.05, 0) is 74.7 Å². The van der Waals surface area contributed by atoms with Crippen molar-refractivity contribution >= 4 is 29.1 Å². The summed E-state index contributed by atoms with van der Waals surface area (Å²) >= 11 is 0. The van der Waals surface area contributed by atoms with Gasteiger partial charge in [0.15, 0.2) is 5.78 Å². The minimum atomic E-state index is -0.508. The van der Waals surface area contributed by atoms with Crippen molar-refractivity contribution in [3.8, 4) is 5.75 Å². The summed E-state index contributed by atoms with van der Waals surface area (Å²) in [5.74, 6) is 0.116. The molecule has 0 amide bonds. The Morgan fingerprint density at radius 3 is 2.17 bits per heavy atom. The maximum Gasteiger partial charge on any atom is 0.338 e. The summed E-state index contributed by atoms with van der Waals surface area (Å²) in [5.41, 5.74) is 14.0. The molecular weight excluding hydrogens is 460 g/mol. The number of Topliss-reactive ketones (excluding diaryl/α,β-unsaturated/α-hetero) is 1. The molecule has 3 rings (SSSR count). The minimum Gasteiger partial charge on any atom is -0.498 e. The van der Waals surface area contributed by atoms with Gasteiger partial charge in [-0.1, -0.05) is 12.7 Å². The van der Waals surface area contributed by atoms with Gasteiger partial charge in [-0.15, -0.1) is 0 Å². The molecule has 1 aliphatic carbocycles. The molecule has 0 aromatic heterocycles. The van der Waals surface area contributed by atoms with E-state index in [1.54, 1.807) is 43.3 Å². The maximum atomic E-state index is 12.8. The van der Waals surface area contributed by atoms with Crippen LogP contribution in [0.25, 0.3) is 0 Å². The predicted molar refractivity (Wildman–Crippen MR) is 137 cm³/mol. The van der Waals surface area contributed by atoms with Crippen LogP contribution in [-0.4, -0.2) is 30.9 Å². The molecule has 0 aliphatic heterocycles. The molecule has 1 aliphatic rings. The zero-order valence-electron chi connectivity index (χ0n) is 20.3. The lowest BCUT2D eigenvalue weighted by Gasteiger charge is -2.15. The standard InChI is InChI=1S/C28H30N2O6/c1-18(2)27(32)36-25-11-7-20(8-12-25)26(31)19-5-9-24(10-6-19)34-13-3-4-14-35-28(33)21-15-22(29)17-23(30)16-21/h5,7-9,11-12,15-17H,1,3-4,6,10,13-14,29-30H2,2H3. The predicted octanol–water partition coefficient (Wildman–Crippen LogP) is 4.77. The Bertz CT molecular complexity index is 1190. The normalized spacial score (nSPS) is 12.7. The largest absolute Gasteiger partial charge is 0.498 e. The number of carbonyl (C=O) groups is 3. The monoisotopic (exact) mass is 490 g/mol. The van der Waals surface area contributed by atoms with Gasteiger partial charge < -0.3 is 25.7 Å². The van der Waals surface area contributed by atoms with Gasteiger partial charge in [-0.3, -0.25) is 4.79 Å². The highest BCUT2D eigenvalue weighted by Gasteiger charge is 2.17. The molecule has 0 bridgehead atoms. The average Bonchev–Trinajstić information content (AvgIpc) is 2.85. The summed E-state index contributed by atoms with van der Waals surface area (Å²) in [7, 11) is 0. The molecule has 0 unspecified atom stereocenters. The number of unbranched alkanes of at least 4 members (excludes halogenated alkanes) is 1. The fourth-order valence-electron chi connectivity index (χ4n) is 3.43. The lowest BCUT2D eigenvalue weighted by Crippen LogP contribution is -2.10. The van der Waals surface area contributed by atoms with Gasteiger partial charge in [0, 0.05) is 34.5 Å². The smallest absolute Gasteiger partial charge is 0.338 e. The molecule has 0 spiro atoms. The molecule has 0 fully saturated rings. The topological polar surface area (TPSA) is 131 Å². The van der Waals surface area contributed by atoms with Gasteiger partial charge in [0.05, 0.1) is 24.5 Å². The van der Waals surface area contributed by atoms with Crippen LogP contribution in [-0.2, 0) is 14.3 Å². The van der Waals surface area contributed by atoms with Crippen LogP contribution in [0.15, 0.2) is 78.1 Å². The maximum absolute atomic E-state index is 12.8. The molecule has 0 atom stereocenters. The molecule has 0 saturated carbocycles. The van der Waals surface area contributed by atoms with Gasteiger partial charge in [-0.2, -0.15) is 0 Å². The van der Waals surface area contributed by atoms with Crippen molar-refractivity contribution in [2.45, 2.75) is 32.6 Å². The average molecular weight is 491 g/mol. The third-order valence-corrected chi connectivity index (χ3v) is 5.35. The number of rotatable bonds is 11. The first-order valence-electron chi connectivity index (χ1n) is 11.6. The lowest BCUT2D eigenvalue weighted by molar-refractivity contribution is -0.130. The van der Waals surface area contributed by atoms with Crippen molar-refractivity contribution in [2.75, 3.05) is 24.7 Å². The van der Waals surface area contributed by atoms with Crippen LogP contribution in [0.5, 0.6) is 5.75 Å². The number of ketones is 1. The van der Waals surface area contributed by atoms with Gasteiger partial charge >= 0.3 is 11.9 Å². The summed E-state index contributed by atoms with van der Waals surface area (Å²) in [4.78, 5) is 36.4. The molecule has 4 N–H and O–H groups in total. The third-order valence-electron chi connectivity index (χ3n) is 5.35. The van der Waals surface area contributed by atoms with Crippen molar-refractivity contribution in [3.05, 3.63) is 89.2 Å². The Balaban J connectivity index is 1.39. The van der Waals surface area contributed by atoms with E-state index < -0.39 is 11.9 Å². The molecule has 2 aromatic carbocycles. The zero-order chi connectivity index (χ0) is 26.1. The van der Waals surface area contributed by atoms with Crippen molar-refractivity contribution in [3.63, 3.8) is 0 Å². The van der Waals surface area contributed by atoms with E-state index in [1.807, 2.05) is 6.08 Å². The number of anilines is 2. The molecule has 36 heavy (non-hydrogen) atoms. The van der Waals surface area contributed by atoms with Crippen LogP contribution >= 0.6 is 0 Å². The molecule has 188 valence electrons. The fraction of sp³-hybridized carbons (Fsp3) is 0.250. The Labute approximate surface area is 210 Å². The first-order valence-corrected chi connectivity index (χ1v) is 11.6. The number of esters is 2. The lowest BCUT2D eigenvalue weighted by atomic mass is 9.95. The Hall–Kier alpha value is -4.33. The first kappa shape index (κ1) is 26.3. The highest BCUT2D eigenvalue weighted by atomic mass is 16.5. The van der Waals surface area contributed by atoms with Crippen molar-refractivity contribution in [1.82, 2.24) is 0 Å². The molecule has 0 radical (unpaired) electrons. The van der Waals surface area contributed by atoms with Crippen LogP contribution in [0.1, 0.15) is 53.3 Å². The second-order valence-electron chi connectivity index (χ2n) is 8.43. The Kier molecular flexibility index (Phi) is 9.05.